The smallest absolute Gasteiger partial charge is 0.171 e. The molecule has 26 heavy (non-hydrogen) atoms. The lowest BCUT2D eigenvalue weighted by Crippen LogP contribution is -2.27. The predicted octanol–water partition coefficient (Wildman–Crippen LogP) is 4.86. The average molecular weight is 409 g/mol. The number of rotatable bonds is 5. The second-order valence-corrected chi connectivity index (χ2v) is 6.85. The first-order valence-electron chi connectivity index (χ1n) is 7.75. The first kappa shape index (κ1) is 18.6. The summed E-state index contributed by atoms with van der Waals surface area (Å²) in [7, 11) is 0. The van der Waals surface area contributed by atoms with Crippen molar-refractivity contribution in [3.05, 3.63) is 81.8 Å². The fraction of sp³-hybridized carbons (Fsp3) is 0.111. The van der Waals surface area contributed by atoms with Gasteiger partial charge in [-0.25, -0.2) is 4.39 Å². The van der Waals surface area contributed by atoms with Gasteiger partial charge >= 0.3 is 0 Å². The normalized spacial score (nSPS) is 10.6. The van der Waals surface area contributed by atoms with E-state index in [4.69, 9.17) is 35.4 Å². The number of benzene rings is 2. The number of aromatic nitrogens is 2. The van der Waals surface area contributed by atoms with Crippen molar-refractivity contribution in [2.75, 3.05) is 5.32 Å². The zero-order valence-corrected chi connectivity index (χ0v) is 15.9. The van der Waals surface area contributed by atoms with E-state index < -0.39 is 0 Å². The molecule has 0 amide bonds. The Kier molecular flexibility index (Phi) is 6.08. The zero-order valence-electron chi connectivity index (χ0n) is 13.5. The van der Waals surface area contributed by atoms with E-state index in [1.54, 1.807) is 35.1 Å². The van der Waals surface area contributed by atoms with E-state index in [1.165, 1.54) is 12.1 Å². The summed E-state index contributed by atoms with van der Waals surface area (Å²) in [5.74, 6) is -0.261. The number of thiocarbonyl (C=S) groups is 1. The molecular weight excluding hydrogens is 394 g/mol. The molecule has 0 spiro atoms. The lowest BCUT2D eigenvalue weighted by Gasteiger charge is -2.09. The third-order valence-corrected chi connectivity index (χ3v) is 4.44. The summed E-state index contributed by atoms with van der Waals surface area (Å²) in [5.41, 5.74) is 2.61. The maximum Gasteiger partial charge on any atom is 0.171 e. The van der Waals surface area contributed by atoms with Crippen LogP contribution in [0.5, 0.6) is 0 Å². The van der Waals surface area contributed by atoms with Crippen LogP contribution in [0.25, 0.3) is 0 Å². The lowest BCUT2D eigenvalue weighted by atomic mass is 10.2. The quantitative estimate of drug-likeness (QED) is 0.591. The van der Waals surface area contributed by atoms with E-state index in [2.05, 4.69) is 15.7 Å². The Morgan fingerprint density at radius 3 is 2.65 bits per heavy atom. The summed E-state index contributed by atoms with van der Waals surface area (Å²) < 4.78 is 14.6. The van der Waals surface area contributed by atoms with E-state index in [9.17, 15) is 4.39 Å². The van der Waals surface area contributed by atoms with Crippen LogP contribution in [0.1, 0.15) is 11.1 Å². The van der Waals surface area contributed by atoms with E-state index >= 15 is 0 Å². The standard InChI is InChI=1S/C18H15Cl2FN4S/c19-14-4-3-13(17(20)7-14)10-25-11-16(9-23-25)24-18(26)22-8-12-1-5-15(21)6-2-12/h1-7,9,11H,8,10H2,(H2,22,24,26). The van der Waals surface area contributed by atoms with Gasteiger partial charge < -0.3 is 10.6 Å². The minimum Gasteiger partial charge on any atom is -0.358 e. The fourth-order valence-corrected chi connectivity index (χ4v) is 2.96. The molecule has 0 aliphatic carbocycles. The van der Waals surface area contributed by atoms with Crippen LogP contribution in [0.4, 0.5) is 10.1 Å². The molecule has 1 heterocycles. The molecule has 2 aromatic carbocycles. The third kappa shape index (κ3) is 5.17. The Labute approximate surface area is 165 Å². The Morgan fingerprint density at radius 1 is 1.15 bits per heavy atom. The van der Waals surface area contributed by atoms with Crippen LogP contribution in [0.3, 0.4) is 0 Å². The highest BCUT2D eigenvalue weighted by atomic mass is 35.5. The van der Waals surface area contributed by atoms with Gasteiger partial charge in [-0.15, -0.1) is 0 Å². The van der Waals surface area contributed by atoms with Crippen molar-refractivity contribution >= 4 is 46.2 Å². The van der Waals surface area contributed by atoms with Gasteiger partial charge in [-0.1, -0.05) is 41.4 Å². The molecule has 0 radical (unpaired) electrons. The maximum atomic E-state index is 12.9. The van der Waals surface area contributed by atoms with Crippen LogP contribution in [0, 0.1) is 5.82 Å². The minimum atomic E-state index is -0.261. The molecule has 0 aliphatic heterocycles. The van der Waals surface area contributed by atoms with Crippen LogP contribution in [-0.4, -0.2) is 14.9 Å². The first-order chi connectivity index (χ1) is 12.5. The summed E-state index contributed by atoms with van der Waals surface area (Å²) >= 11 is 17.4. The van der Waals surface area contributed by atoms with Gasteiger partial charge in [0.2, 0.25) is 0 Å². The van der Waals surface area contributed by atoms with Crippen LogP contribution < -0.4 is 10.6 Å². The number of hydrogen-bond donors (Lipinski definition) is 2. The van der Waals surface area contributed by atoms with Gasteiger partial charge in [-0.05, 0) is 47.6 Å². The summed E-state index contributed by atoms with van der Waals surface area (Å²) in [6.07, 6.45) is 3.51. The molecule has 4 nitrogen and oxygen atoms in total. The molecular formula is C18H15Cl2FN4S. The van der Waals surface area contributed by atoms with Crippen molar-refractivity contribution in [1.29, 1.82) is 0 Å². The topological polar surface area (TPSA) is 41.9 Å². The highest BCUT2D eigenvalue weighted by Crippen LogP contribution is 2.22. The summed E-state index contributed by atoms with van der Waals surface area (Å²) in [5, 5.41) is 12.1. The summed E-state index contributed by atoms with van der Waals surface area (Å²) in [4.78, 5) is 0. The zero-order chi connectivity index (χ0) is 18.5. The van der Waals surface area contributed by atoms with E-state index in [0.29, 0.717) is 28.2 Å². The van der Waals surface area contributed by atoms with Gasteiger partial charge in [0.25, 0.3) is 0 Å². The number of halogens is 3. The van der Waals surface area contributed by atoms with Crippen LogP contribution >= 0.6 is 35.4 Å². The van der Waals surface area contributed by atoms with Gasteiger partial charge in [0.15, 0.2) is 5.11 Å². The Hall–Kier alpha value is -2.15. The van der Waals surface area contributed by atoms with Crippen molar-refractivity contribution in [2.45, 2.75) is 13.1 Å². The maximum absolute atomic E-state index is 12.9. The number of anilines is 1. The van der Waals surface area contributed by atoms with Crippen LogP contribution in [0.15, 0.2) is 54.9 Å². The SMILES string of the molecule is Fc1ccc(CNC(=S)Nc2cnn(Cc3ccc(Cl)cc3Cl)c2)cc1. The summed E-state index contributed by atoms with van der Waals surface area (Å²) in [6, 6.07) is 11.6. The summed E-state index contributed by atoms with van der Waals surface area (Å²) in [6.45, 7) is 1.02. The Morgan fingerprint density at radius 2 is 1.92 bits per heavy atom. The fourth-order valence-electron chi connectivity index (χ4n) is 2.30. The molecule has 0 saturated carbocycles. The van der Waals surface area contributed by atoms with Crippen molar-refractivity contribution < 1.29 is 4.39 Å². The third-order valence-electron chi connectivity index (χ3n) is 3.60. The lowest BCUT2D eigenvalue weighted by molar-refractivity contribution is 0.627. The monoisotopic (exact) mass is 408 g/mol. The molecule has 8 heteroatoms. The molecule has 0 saturated heterocycles. The number of nitrogens with one attached hydrogen (secondary N) is 2. The van der Waals surface area contributed by atoms with Crippen LogP contribution in [0.2, 0.25) is 10.0 Å². The molecule has 3 rings (SSSR count). The van der Waals surface area contributed by atoms with Crippen molar-refractivity contribution in [3.8, 4) is 0 Å². The number of nitrogens with zero attached hydrogens (tertiary/aromatic N) is 2. The van der Waals surface area contributed by atoms with Gasteiger partial charge in [-0.2, -0.15) is 5.10 Å². The second kappa shape index (κ2) is 8.49. The van der Waals surface area contributed by atoms with Crippen molar-refractivity contribution in [3.63, 3.8) is 0 Å². The molecule has 0 atom stereocenters. The number of hydrogen-bond acceptors (Lipinski definition) is 2. The van der Waals surface area contributed by atoms with Gasteiger partial charge in [0.1, 0.15) is 5.82 Å². The van der Waals surface area contributed by atoms with Gasteiger partial charge in [-0.3, -0.25) is 4.68 Å². The van der Waals surface area contributed by atoms with Crippen LogP contribution in [-0.2, 0) is 13.1 Å². The average Bonchev–Trinajstić information content (AvgIpc) is 3.04. The van der Waals surface area contributed by atoms with E-state index in [0.717, 1.165) is 16.8 Å². The van der Waals surface area contributed by atoms with Gasteiger partial charge in [0.05, 0.1) is 18.4 Å². The molecule has 0 bridgehead atoms. The molecule has 0 fully saturated rings. The predicted molar refractivity (Wildman–Crippen MR) is 107 cm³/mol. The largest absolute Gasteiger partial charge is 0.358 e. The highest BCUT2D eigenvalue weighted by Gasteiger charge is 2.05. The Balaban J connectivity index is 1.54. The molecule has 0 unspecified atom stereocenters. The molecule has 134 valence electrons. The minimum absolute atomic E-state index is 0.261. The first-order valence-corrected chi connectivity index (χ1v) is 8.92. The second-order valence-electron chi connectivity index (χ2n) is 5.60. The van der Waals surface area contributed by atoms with E-state index in [1.807, 2.05) is 12.3 Å². The van der Waals surface area contributed by atoms with Crippen molar-refractivity contribution in [1.82, 2.24) is 15.1 Å². The van der Waals surface area contributed by atoms with E-state index in [-0.39, 0.29) is 5.82 Å². The molecule has 3 aromatic rings. The Bertz CT molecular complexity index is 912. The highest BCUT2D eigenvalue weighted by molar-refractivity contribution is 7.80. The van der Waals surface area contributed by atoms with Crippen molar-refractivity contribution in [2.24, 2.45) is 0 Å². The molecule has 0 aliphatic rings. The molecule has 1 aromatic heterocycles. The van der Waals surface area contributed by atoms with Gasteiger partial charge in [0, 0.05) is 22.8 Å². The molecule has 2 N–H and O–H groups in total.